The molecule has 6 nitrogen and oxygen atoms in total. The lowest BCUT2D eigenvalue weighted by atomic mass is 9.91. The van der Waals surface area contributed by atoms with Crippen molar-refractivity contribution in [2.75, 3.05) is 27.2 Å². The molecule has 3 rings (SSSR count). The highest BCUT2D eigenvalue weighted by Crippen LogP contribution is 2.42. The van der Waals surface area contributed by atoms with Crippen LogP contribution in [-0.2, 0) is 21.2 Å². The van der Waals surface area contributed by atoms with Crippen molar-refractivity contribution in [2.24, 2.45) is 4.40 Å². The van der Waals surface area contributed by atoms with E-state index in [4.69, 9.17) is 4.74 Å². The summed E-state index contributed by atoms with van der Waals surface area (Å²) in [6.07, 6.45) is 2.29. The van der Waals surface area contributed by atoms with Crippen LogP contribution in [0.4, 0.5) is 4.39 Å². The number of benzene rings is 2. The van der Waals surface area contributed by atoms with Crippen LogP contribution in [0.25, 0.3) is 0 Å². The number of nitrogens with zero attached hydrogens (tertiary/aromatic N) is 2. The lowest BCUT2D eigenvalue weighted by Gasteiger charge is -2.38. The molecule has 1 N–H and O–H groups in total. The molecule has 186 valence electrons. The molecule has 0 spiro atoms. The molecule has 2 aromatic carbocycles. The summed E-state index contributed by atoms with van der Waals surface area (Å²) in [5.41, 5.74) is 1.12. The molecular weight excluding hydrogens is 455 g/mol. The molecule has 0 aromatic heterocycles. The predicted molar refractivity (Wildman–Crippen MR) is 133 cm³/mol. The van der Waals surface area contributed by atoms with Gasteiger partial charge in [-0.15, -0.1) is 4.40 Å². The number of aryl methyl sites for hydroxylation is 1. The minimum Gasteiger partial charge on any atom is -0.472 e. The molecule has 2 aromatic rings. The number of rotatable bonds is 10. The van der Waals surface area contributed by atoms with E-state index in [0.29, 0.717) is 11.1 Å². The van der Waals surface area contributed by atoms with Crippen LogP contribution in [0.3, 0.4) is 0 Å². The molecule has 0 saturated heterocycles. The molecular formula is C26H35FN2O4S. The Balaban J connectivity index is 1.83. The molecule has 0 saturated carbocycles. The summed E-state index contributed by atoms with van der Waals surface area (Å²) in [4.78, 5) is 2.13. The normalized spacial score (nSPS) is 20.0. The Bertz CT molecular complexity index is 1100. The Labute approximate surface area is 202 Å². The van der Waals surface area contributed by atoms with Gasteiger partial charge < -0.3 is 14.7 Å². The number of aliphatic hydroxyl groups is 1. The Morgan fingerprint density at radius 1 is 1.15 bits per heavy atom. The van der Waals surface area contributed by atoms with Gasteiger partial charge in [0.1, 0.15) is 16.7 Å². The summed E-state index contributed by atoms with van der Waals surface area (Å²) < 4.78 is 51.0. The first-order chi connectivity index (χ1) is 16.0. The third-order valence-electron chi connectivity index (χ3n) is 6.14. The lowest BCUT2D eigenvalue weighted by molar-refractivity contribution is 0.0797. The van der Waals surface area contributed by atoms with Gasteiger partial charge in [-0.25, -0.2) is 12.8 Å². The van der Waals surface area contributed by atoms with Crippen molar-refractivity contribution < 1.29 is 22.7 Å². The van der Waals surface area contributed by atoms with Crippen LogP contribution in [0.1, 0.15) is 61.0 Å². The van der Waals surface area contributed by atoms with Crippen LogP contribution < -0.4 is 0 Å². The van der Waals surface area contributed by atoms with E-state index in [9.17, 15) is 17.9 Å². The average molecular weight is 491 g/mol. The highest BCUT2D eigenvalue weighted by atomic mass is 32.2. The zero-order valence-corrected chi connectivity index (χ0v) is 21.2. The lowest BCUT2D eigenvalue weighted by Crippen LogP contribution is -2.43. The maximum atomic E-state index is 14.4. The number of ether oxygens (including phenoxy) is 1. The standard InChI is InChI=1S/C26H35FN2O4S/c1-26(2)25(20-13-11-19(12-14-20)8-7-16-29(3)4)34(31,32)28-24(33-26)18-21(15-17-30)22-9-5-6-10-23(22)27/h5-6,9-14,21,25,30H,7-8,15-18H2,1-4H3/t21-,25?/m1/s1. The number of halogens is 1. The van der Waals surface area contributed by atoms with Crippen molar-refractivity contribution in [1.82, 2.24) is 4.90 Å². The van der Waals surface area contributed by atoms with Gasteiger partial charge in [-0.2, -0.15) is 0 Å². The Hall–Kier alpha value is -2.29. The van der Waals surface area contributed by atoms with Gasteiger partial charge in [0.15, 0.2) is 0 Å². The fourth-order valence-corrected chi connectivity index (χ4v) is 6.35. The quantitative estimate of drug-likeness (QED) is 0.532. The Kier molecular flexibility index (Phi) is 8.49. The summed E-state index contributed by atoms with van der Waals surface area (Å²) in [6.45, 7) is 4.30. The van der Waals surface area contributed by atoms with E-state index in [1.54, 1.807) is 32.0 Å². The summed E-state index contributed by atoms with van der Waals surface area (Å²) >= 11 is 0. The fraction of sp³-hybridized carbons (Fsp3) is 0.500. The van der Waals surface area contributed by atoms with Crippen LogP contribution in [0.5, 0.6) is 0 Å². The van der Waals surface area contributed by atoms with Gasteiger partial charge in [0.05, 0.1) is 0 Å². The van der Waals surface area contributed by atoms with Crippen molar-refractivity contribution in [3.63, 3.8) is 0 Å². The van der Waals surface area contributed by atoms with Crippen molar-refractivity contribution >= 4 is 15.9 Å². The molecule has 0 fully saturated rings. The van der Waals surface area contributed by atoms with Gasteiger partial charge in [-0.3, -0.25) is 0 Å². The average Bonchev–Trinajstić information content (AvgIpc) is 2.73. The Morgan fingerprint density at radius 3 is 2.41 bits per heavy atom. The highest BCUT2D eigenvalue weighted by Gasteiger charge is 2.47. The van der Waals surface area contributed by atoms with Crippen molar-refractivity contribution in [3.05, 3.63) is 71.0 Å². The van der Waals surface area contributed by atoms with E-state index in [0.717, 1.165) is 24.9 Å². The second-order valence-corrected chi connectivity index (χ2v) is 11.4. The highest BCUT2D eigenvalue weighted by molar-refractivity contribution is 7.90. The number of aliphatic hydroxyl groups excluding tert-OH is 1. The summed E-state index contributed by atoms with van der Waals surface area (Å²) in [5, 5.41) is 8.54. The maximum Gasteiger partial charge on any atom is 0.267 e. The van der Waals surface area contributed by atoms with E-state index in [1.807, 2.05) is 38.4 Å². The molecule has 1 heterocycles. The topological polar surface area (TPSA) is 79.2 Å². The van der Waals surface area contributed by atoms with Gasteiger partial charge in [0, 0.05) is 13.0 Å². The zero-order valence-electron chi connectivity index (χ0n) is 20.4. The van der Waals surface area contributed by atoms with E-state index in [-0.39, 0.29) is 25.3 Å². The van der Waals surface area contributed by atoms with Crippen LogP contribution in [-0.4, -0.2) is 57.2 Å². The van der Waals surface area contributed by atoms with Crippen LogP contribution >= 0.6 is 0 Å². The van der Waals surface area contributed by atoms with Crippen LogP contribution in [0, 0.1) is 5.82 Å². The fourth-order valence-electron chi connectivity index (χ4n) is 4.58. The van der Waals surface area contributed by atoms with Crippen LogP contribution in [0.2, 0.25) is 0 Å². The number of sulfonamides is 1. The second-order valence-electron chi connectivity index (χ2n) is 9.67. The molecule has 8 heteroatoms. The SMILES string of the molecule is CN(C)CCCc1ccc(C2C(C)(C)OC(C[C@@H](CCO)c3ccccc3F)=NS2(=O)=O)cc1. The summed E-state index contributed by atoms with van der Waals surface area (Å²) in [7, 11) is 0.149. The van der Waals surface area contributed by atoms with Gasteiger partial charge >= 0.3 is 0 Å². The summed E-state index contributed by atoms with van der Waals surface area (Å²) in [6, 6.07) is 13.9. The Morgan fingerprint density at radius 2 is 1.82 bits per heavy atom. The van der Waals surface area contributed by atoms with Crippen molar-refractivity contribution in [1.29, 1.82) is 0 Å². The molecule has 0 aliphatic carbocycles. The molecule has 1 unspecified atom stereocenters. The first-order valence-electron chi connectivity index (χ1n) is 11.6. The monoisotopic (exact) mass is 490 g/mol. The molecule has 0 radical (unpaired) electrons. The van der Waals surface area contributed by atoms with E-state index < -0.39 is 32.6 Å². The zero-order chi connectivity index (χ0) is 24.9. The third-order valence-corrected chi connectivity index (χ3v) is 8.03. The second kappa shape index (κ2) is 11.0. The third kappa shape index (κ3) is 6.43. The first kappa shape index (κ1) is 26.3. The van der Waals surface area contributed by atoms with E-state index in [1.165, 1.54) is 6.07 Å². The van der Waals surface area contributed by atoms with Gasteiger partial charge in [-0.1, -0.05) is 42.5 Å². The minimum absolute atomic E-state index is 0.0447. The van der Waals surface area contributed by atoms with E-state index in [2.05, 4.69) is 9.30 Å². The van der Waals surface area contributed by atoms with Gasteiger partial charge in [0.25, 0.3) is 10.0 Å². The van der Waals surface area contributed by atoms with Crippen molar-refractivity contribution in [3.8, 4) is 0 Å². The van der Waals surface area contributed by atoms with Crippen LogP contribution in [0.15, 0.2) is 52.9 Å². The van der Waals surface area contributed by atoms with Crippen molar-refractivity contribution in [2.45, 2.75) is 56.3 Å². The minimum atomic E-state index is -3.93. The van der Waals surface area contributed by atoms with E-state index >= 15 is 0 Å². The molecule has 0 bridgehead atoms. The first-order valence-corrected chi connectivity index (χ1v) is 13.1. The molecule has 34 heavy (non-hydrogen) atoms. The largest absolute Gasteiger partial charge is 0.472 e. The molecule has 2 atom stereocenters. The number of hydrogen-bond donors (Lipinski definition) is 1. The predicted octanol–water partition coefficient (Wildman–Crippen LogP) is 4.45. The smallest absolute Gasteiger partial charge is 0.267 e. The summed E-state index contributed by atoms with van der Waals surface area (Å²) in [5.74, 6) is -0.805. The maximum absolute atomic E-state index is 14.4. The number of hydrogen-bond acceptors (Lipinski definition) is 5. The molecule has 1 aliphatic heterocycles. The van der Waals surface area contributed by atoms with Gasteiger partial charge in [-0.05, 0) is 82.4 Å². The molecule has 0 amide bonds. The molecule has 1 aliphatic rings. The van der Waals surface area contributed by atoms with Gasteiger partial charge in [0.2, 0.25) is 5.90 Å².